The second-order valence-corrected chi connectivity index (χ2v) is 4.51. The number of rotatable bonds is 5. The Hall–Kier alpha value is -1.66. The number of pyridine rings is 1. The van der Waals surface area contributed by atoms with Crippen molar-refractivity contribution >= 4 is 5.91 Å². The van der Waals surface area contributed by atoms with Gasteiger partial charge in [0.15, 0.2) is 0 Å². The van der Waals surface area contributed by atoms with Crippen LogP contribution in [-0.4, -0.2) is 55.2 Å². The Morgan fingerprint density at radius 2 is 2.21 bits per heavy atom. The van der Waals surface area contributed by atoms with Gasteiger partial charge < -0.3 is 15.0 Å². The monoisotopic (exact) mass is 265 g/mol. The van der Waals surface area contributed by atoms with E-state index in [0.29, 0.717) is 12.1 Å². The van der Waals surface area contributed by atoms with Crippen LogP contribution in [0.2, 0.25) is 0 Å². The van der Waals surface area contributed by atoms with Gasteiger partial charge in [0.2, 0.25) is 5.56 Å². The van der Waals surface area contributed by atoms with Gasteiger partial charge in [0.25, 0.3) is 5.91 Å². The molecule has 0 saturated carbocycles. The lowest BCUT2D eigenvalue weighted by atomic mass is 10.2. The maximum Gasteiger partial charge on any atom is 0.251 e. The summed E-state index contributed by atoms with van der Waals surface area (Å²) in [5.74, 6) is -0.201. The van der Waals surface area contributed by atoms with Crippen LogP contribution in [-0.2, 0) is 4.74 Å². The summed E-state index contributed by atoms with van der Waals surface area (Å²) in [6.45, 7) is 5.07. The van der Waals surface area contributed by atoms with Crippen molar-refractivity contribution in [2.45, 2.75) is 6.42 Å². The van der Waals surface area contributed by atoms with Gasteiger partial charge in [0, 0.05) is 37.5 Å². The quantitative estimate of drug-likeness (QED) is 0.725. The van der Waals surface area contributed by atoms with Gasteiger partial charge in [-0.3, -0.25) is 14.5 Å². The van der Waals surface area contributed by atoms with E-state index in [2.05, 4.69) is 15.2 Å². The van der Waals surface area contributed by atoms with Crippen LogP contribution in [0.25, 0.3) is 0 Å². The molecule has 1 aromatic rings. The zero-order valence-corrected chi connectivity index (χ0v) is 10.9. The van der Waals surface area contributed by atoms with E-state index in [9.17, 15) is 9.59 Å². The van der Waals surface area contributed by atoms with Crippen molar-refractivity contribution in [2.75, 3.05) is 39.4 Å². The molecule has 0 bridgehead atoms. The van der Waals surface area contributed by atoms with Crippen LogP contribution < -0.4 is 10.9 Å². The van der Waals surface area contributed by atoms with Crippen molar-refractivity contribution in [3.8, 4) is 0 Å². The molecule has 0 unspecified atom stereocenters. The maximum absolute atomic E-state index is 11.8. The summed E-state index contributed by atoms with van der Waals surface area (Å²) < 4.78 is 5.27. The molecule has 1 aliphatic rings. The first kappa shape index (κ1) is 13.8. The van der Waals surface area contributed by atoms with Gasteiger partial charge in [-0.1, -0.05) is 0 Å². The normalized spacial score (nSPS) is 16.2. The average molecular weight is 265 g/mol. The van der Waals surface area contributed by atoms with Gasteiger partial charge in [-0.15, -0.1) is 0 Å². The number of amides is 1. The Kier molecular flexibility index (Phi) is 5.11. The molecule has 1 saturated heterocycles. The van der Waals surface area contributed by atoms with Crippen LogP contribution in [0.1, 0.15) is 16.8 Å². The lowest BCUT2D eigenvalue weighted by Gasteiger charge is -2.26. The van der Waals surface area contributed by atoms with Gasteiger partial charge in [0.05, 0.1) is 13.2 Å². The number of hydrogen-bond donors (Lipinski definition) is 2. The number of carbonyl (C=O) groups is 1. The van der Waals surface area contributed by atoms with Crippen LogP contribution in [0.3, 0.4) is 0 Å². The van der Waals surface area contributed by atoms with E-state index < -0.39 is 0 Å². The number of carbonyl (C=O) groups excluding carboxylic acids is 1. The largest absolute Gasteiger partial charge is 0.379 e. The molecular weight excluding hydrogens is 246 g/mol. The van der Waals surface area contributed by atoms with Gasteiger partial charge >= 0.3 is 0 Å². The molecule has 2 N–H and O–H groups in total. The molecule has 0 atom stereocenters. The third-order valence-corrected chi connectivity index (χ3v) is 3.08. The Balaban J connectivity index is 1.67. The number of ether oxygens (including phenoxy) is 1. The number of nitrogens with one attached hydrogen (secondary N) is 2. The minimum absolute atomic E-state index is 0.201. The Morgan fingerprint density at radius 3 is 2.95 bits per heavy atom. The van der Waals surface area contributed by atoms with E-state index in [4.69, 9.17) is 4.74 Å². The third-order valence-electron chi connectivity index (χ3n) is 3.08. The highest BCUT2D eigenvalue weighted by Crippen LogP contribution is 1.98. The predicted octanol–water partition coefficient (Wildman–Crippen LogP) is -0.173. The zero-order valence-electron chi connectivity index (χ0n) is 10.9. The summed E-state index contributed by atoms with van der Waals surface area (Å²) in [5.41, 5.74) is 0.135. The molecule has 0 aliphatic carbocycles. The summed E-state index contributed by atoms with van der Waals surface area (Å²) in [6.07, 6.45) is 2.37. The molecule has 6 nitrogen and oxygen atoms in total. The number of hydrogen-bond acceptors (Lipinski definition) is 4. The fourth-order valence-electron chi connectivity index (χ4n) is 2.02. The molecule has 1 aromatic heterocycles. The molecule has 1 aliphatic heterocycles. The van der Waals surface area contributed by atoms with Crippen molar-refractivity contribution in [3.05, 3.63) is 34.2 Å². The van der Waals surface area contributed by atoms with Crippen LogP contribution in [0.15, 0.2) is 23.1 Å². The molecule has 0 spiro atoms. The lowest BCUT2D eigenvalue weighted by molar-refractivity contribution is 0.0374. The first-order valence-corrected chi connectivity index (χ1v) is 6.53. The number of aromatic amines is 1. The van der Waals surface area contributed by atoms with Crippen LogP contribution in [0, 0.1) is 0 Å². The zero-order chi connectivity index (χ0) is 13.5. The molecule has 19 heavy (non-hydrogen) atoms. The maximum atomic E-state index is 11.8. The van der Waals surface area contributed by atoms with E-state index in [1.807, 2.05) is 0 Å². The smallest absolute Gasteiger partial charge is 0.251 e. The molecule has 6 heteroatoms. The van der Waals surface area contributed by atoms with E-state index in [1.165, 1.54) is 12.3 Å². The highest BCUT2D eigenvalue weighted by atomic mass is 16.5. The first-order valence-electron chi connectivity index (χ1n) is 6.53. The van der Waals surface area contributed by atoms with Crippen molar-refractivity contribution in [3.63, 3.8) is 0 Å². The number of H-pyrrole nitrogens is 1. The van der Waals surface area contributed by atoms with E-state index in [1.54, 1.807) is 6.07 Å². The fourth-order valence-corrected chi connectivity index (χ4v) is 2.02. The van der Waals surface area contributed by atoms with Crippen molar-refractivity contribution in [1.29, 1.82) is 0 Å². The van der Waals surface area contributed by atoms with Crippen molar-refractivity contribution in [1.82, 2.24) is 15.2 Å². The highest BCUT2D eigenvalue weighted by molar-refractivity contribution is 5.93. The highest BCUT2D eigenvalue weighted by Gasteiger charge is 2.10. The molecule has 1 fully saturated rings. The predicted molar refractivity (Wildman–Crippen MR) is 71.3 cm³/mol. The molecule has 104 valence electrons. The summed E-state index contributed by atoms with van der Waals surface area (Å²) >= 11 is 0. The Labute approximate surface area is 111 Å². The molecule has 0 radical (unpaired) electrons. The van der Waals surface area contributed by atoms with Crippen LogP contribution in [0.5, 0.6) is 0 Å². The average Bonchev–Trinajstić information content (AvgIpc) is 2.44. The summed E-state index contributed by atoms with van der Waals surface area (Å²) in [4.78, 5) is 27.6. The second kappa shape index (κ2) is 7.06. The Bertz CT molecular complexity index is 466. The summed E-state index contributed by atoms with van der Waals surface area (Å²) in [6, 6.07) is 2.90. The van der Waals surface area contributed by atoms with E-state index in [0.717, 1.165) is 39.3 Å². The van der Waals surface area contributed by atoms with Crippen LogP contribution in [0.4, 0.5) is 0 Å². The number of morpholine rings is 1. The minimum Gasteiger partial charge on any atom is -0.379 e. The molecule has 2 heterocycles. The van der Waals surface area contributed by atoms with Gasteiger partial charge in [-0.25, -0.2) is 0 Å². The van der Waals surface area contributed by atoms with Crippen molar-refractivity contribution in [2.24, 2.45) is 0 Å². The first-order chi connectivity index (χ1) is 9.25. The van der Waals surface area contributed by atoms with Gasteiger partial charge in [-0.2, -0.15) is 0 Å². The topological polar surface area (TPSA) is 74.4 Å². The van der Waals surface area contributed by atoms with Crippen molar-refractivity contribution < 1.29 is 9.53 Å². The van der Waals surface area contributed by atoms with Gasteiger partial charge in [0.1, 0.15) is 0 Å². The minimum atomic E-state index is -0.263. The lowest BCUT2D eigenvalue weighted by Crippen LogP contribution is -2.38. The number of nitrogens with zero attached hydrogens (tertiary/aromatic N) is 1. The van der Waals surface area contributed by atoms with E-state index >= 15 is 0 Å². The molecule has 2 rings (SSSR count). The number of aromatic nitrogens is 1. The summed E-state index contributed by atoms with van der Waals surface area (Å²) in [5, 5.41) is 2.82. The van der Waals surface area contributed by atoms with Crippen LogP contribution >= 0.6 is 0 Å². The third kappa shape index (κ3) is 4.50. The molecule has 1 amide bonds. The fraction of sp³-hybridized carbons (Fsp3) is 0.538. The molecular formula is C13H19N3O3. The van der Waals surface area contributed by atoms with Gasteiger partial charge in [-0.05, 0) is 19.0 Å². The standard InChI is InChI=1S/C13H19N3O3/c17-12-10-11(2-4-14-12)13(18)15-3-1-5-16-6-8-19-9-7-16/h2,4,10H,1,3,5-9H2,(H,14,17)(H,15,18). The van der Waals surface area contributed by atoms with E-state index in [-0.39, 0.29) is 11.5 Å². The Morgan fingerprint density at radius 1 is 1.42 bits per heavy atom. The second-order valence-electron chi connectivity index (χ2n) is 4.51. The molecule has 0 aromatic carbocycles. The summed E-state index contributed by atoms with van der Waals surface area (Å²) in [7, 11) is 0. The SMILES string of the molecule is O=C(NCCCN1CCOCC1)c1cc[nH]c(=O)c1.